The summed E-state index contributed by atoms with van der Waals surface area (Å²) in [6, 6.07) is 15.7. The summed E-state index contributed by atoms with van der Waals surface area (Å²) in [5, 5.41) is 6.56. The monoisotopic (exact) mass is 440 g/mol. The first-order chi connectivity index (χ1) is 16.1. The lowest BCUT2D eigenvalue weighted by Gasteiger charge is -2.18. The predicted octanol–water partition coefficient (Wildman–Crippen LogP) is 4.21. The van der Waals surface area contributed by atoms with Gasteiger partial charge in [-0.2, -0.15) is 0 Å². The van der Waals surface area contributed by atoms with Gasteiger partial charge < -0.3 is 20.1 Å². The quantitative estimate of drug-likeness (QED) is 0.493. The minimum Gasteiger partial charge on any atom is -0.486 e. The molecule has 1 aliphatic heterocycles. The molecule has 33 heavy (non-hydrogen) atoms. The number of nitrogens with zero attached hydrogens (tertiary/aromatic N) is 2. The van der Waals surface area contributed by atoms with Crippen LogP contribution >= 0.6 is 0 Å². The van der Waals surface area contributed by atoms with Gasteiger partial charge in [0, 0.05) is 34.1 Å². The highest BCUT2D eigenvalue weighted by Gasteiger charge is 2.16. The Morgan fingerprint density at radius 2 is 1.61 bits per heavy atom. The van der Waals surface area contributed by atoms with E-state index in [1.807, 2.05) is 13.0 Å². The summed E-state index contributed by atoms with van der Waals surface area (Å²) >= 11 is 0. The second kappa shape index (κ2) is 8.58. The zero-order chi connectivity index (χ0) is 22.8. The van der Waals surface area contributed by atoms with E-state index < -0.39 is 0 Å². The molecule has 8 nitrogen and oxygen atoms in total. The Hall–Kier alpha value is -4.46. The van der Waals surface area contributed by atoms with Crippen LogP contribution in [0.4, 0.5) is 11.4 Å². The van der Waals surface area contributed by atoms with Gasteiger partial charge in [-0.05, 0) is 61.0 Å². The topological polar surface area (TPSA) is 102 Å². The van der Waals surface area contributed by atoms with Crippen molar-refractivity contribution >= 4 is 34.1 Å². The van der Waals surface area contributed by atoms with Crippen molar-refractivity contribution in [1.29, 1.82) is 0 Å². The zero-order valence-corrected chi connectivity index (χ0v) is 17.8. The summed E-state index contributed by atoms with van der Waals surface area (Å²) in [4.78, 5) is 33.8. The van der Waals surface area contributed by atoms with E-state index in [1.54, 1.807) is 54.7 Å². The van der Waals surface area contributed by atoms with Crippen LogP contribution in [0, 0.1) is 6.92 Å². The lowest BCUT2D eigenvalue weighted by atomic mass is 10.1. The Labute approximate surface area is 189 Å². The Morgan fingerprint density at radius 1 is 0.848 bits per heavy atom. The highest BCUT2D eigenvalue weighted by Crippen LogP contribution is 2.31. The molecule has 1 aliphatic rings. The minimum absolute atomic E-state index is 0.265. The molecule has 3 aromatic carbocycles. The standard InChI is InChI=1S/C25H20N4O4/c1-15-2-5-19(28-24(30)17-4-7-22-23(11-17)33-9-8-32-22)12-21(15)29-25(31)16-3-6-20-18(10-16)13-26-14-27-20/h2-7,10-14H,8-9H2,1H3,(H,28,30)(H,29,31). The fourth-order valence-corrected chi connectivity index (χ4v) is 3.54. The molecule has 2 amide bonds. The van der Waals surface area contributed by atoms with Gasteiger partial charge in [0.05, 0.1) is 5.52 Å². The molecule has 0 fully saturated rings. The van der Waals surface area contributed by atoms with Crippen LogP contribution in [0.5, 0.6) is 11.5 Å². The van der Waals surface area contributed by atoms with Gasteiger partial charge in [0.2, 0.25) is 0 Å². The highest BCUT2D eigenvalue weighted by atomic mass is 16.6. The van der Waals surface area contributed by atoms with E-state index in [1.165, 1.54) is 6.33 Å². The van der Waals surface area contributed by atoms with Crippen molar-refractivity contribution in [2.24, 2.45) is 0 Å². The molecule has 2 N–H and O–H groups in total. The van der Waals surface area contributed by atoms with E-state index in [2.05, 4.69) is 20.6 Å². The maximum atomic E-state index is 12.8. The van der Waals surface area contributed by atoms with E-state index in [0.29, 0.717) is 47.2 Å². The molecule has 0 bridgehead atoms. The van der Waals surface area contributed by atoms with Gasteiger partial charge >= 0.3 is 0 Å². The van der Waals surface area contributed by atoms with Gasteiger partial charge in [0.25, 0.3) is 11.8 Å². The van der Waals surface area contributed by atoms with Crippen LogP contribution in [-0.4, -0.2) is 35.0 Å². The highest BCUT2D eigenvalue weighted by molar-refractivity contribution is 6.08. The van der Waals surface area contributed by atoms with E-state index in [4.69, 9.17) is 9.47 Å². The molecule has 1 aromatic heterocycles. The summed E-state index contributed by atoms with van der Waals surface area (Å²) in [6.07, 6.45) is 3.13. The van der Waals surface area contributed by atoms with Crippen molar-refractivity contribution in [2.75, 3.05) is 23.8 Å². The van der Waals surface area contributed by atoms with Gasteiger partial charge in [-0.25, -0.2) is 9.97 Å². The second-order valence-corrected chi connectivity index (χ2v) is 7.59. The maximum Gasteiger partial charge on any atom is 0.255 e. The number of hydrogen-bond donors (Lipinski definition) is 2. The van der Waals surface area contributed by atoms with Crippen LogP contribution in [0.2, 0.25) is 0 Å². The SMILES string of the molecule is Cc1ccc(NC(=O)c2ccc3c(c2)OCCO3)cc1NC(=O)c1ccc2ncncc2c1. The van der Waals surface area contributed by atoms with Gasteiger partial charge in [-0.1, -0.05) is 6.07 Å². The number of hydrogen-bond acceptors (Lipinski definition) is 6. The smallest absolute Gasteiger partial charge is 0.255 e. The number of anilines is 2. The van der Waals surface area contributed by atoms with E-state index in [0.717, 1.165) is 16.5 Å². The third-order valence-corrected chi connectivity index (χ3v) is 5.31. The molecule has 0 saturated heterocycles. The molecule has 0 radical (unpaired) electrons. The third kappa shape index (κ3) is 4.31. The number of rotatable bonds is 4. The Bertz CT molecular complexity index is 1390. The Balaban J connectivity index is 1.33. The number of carbonyl (C=O) groups excluding carboxylic acids is 2. The Kier molecular flexibility index (Phi) is 5.32. The molecule has 2 heterocycles. The molecule has 164 valence electrons. The van der Waals surface area contributed by atoms with Crippen molar-refractivity contribution in [3.63, 3.8) is 0 Å². The molecular formula is C25H20N4O4. The summed E-state index contributed by atoms with van der Waals surface area (Å²) < 4.78 is 11.1. The molecule has 0 aliphatic carbocycles. The van der Waals surface area contributed by atoms with E-state index in [-0.39, 0.29) is 11.8 Å². The molecule has 4 aromatic rings. The lowest BCUT2D eigenvalue weighted by Crippen LogP contribution is -2.17. The van der Waals surface area contributed by atoms with Crippen LogP contribution in [0.25, 0.3) is 10.9 Å². The van der Waals surface area contributed by atoms with Gasteiger partial charge in [0.1, 0.15) is 19.5 Å². The zero-order valence-electron chi connectivity index (χ0n) is 17.8. The lowest BCUT2D eigenvalue weighted by molar-refractivity contribution is 0.101. The summed E-state index contributed by atoms with van der Waals surface area (Å²) in [6.45, 7) is 2.82. The van der Waals surface area contributed by atoms with E-state index >= 15 is 0 Å². The predicted molar refractivity (Wildman–Crippen MR) is 124 cm³/mol. The number of aromatic nitrogens is 2. The van der Waals surface area contributed by atoms with Crippen molar-refractivity contribution < 1.29 is 19.1 Å². The molecular weight excluding hydrogens is 420 g/mol. The number of ether oxygens (including phenoxy) is 2. The van der Waals surface area contributed by atoms with Crippen LogP contribution in [0.1, 0.15) is 26.3 Å². The summed E-state index contributed by atoms with van der Waals surface area (Å²) in [7, 11) is 0. The number of aryl methyl sites for hydroxylation is 1. The average molecular weight is 440 g/mol. The molecule has 0 unspecified atom stereocenters. The number of carbonyl (C=O) groups is 2. The van der Waals surface area contributed by atoms with Crippen LogP contribution in [-0.2, 0) is 0 Å². The first-order valence-electron chi connectivity index (χ1n) is 10.4. The fraction of sp³-hybridized carbons (Fsp3) is 0.120. The van der Waals surface area contributed by atoms with Gasteiger partial charge in [-0.3, -0.25) is 9.59 Å². The average Bonchev–Trinajstić information content (AvgIpc) is 2.85. The first kappa shape index (κ1) is 20.4. The fourth-order valence-electron chi connectivity index (χ4n) is 3.54. The van der Waals surface area contributed by atoms with Crippen molar-refractivity contribution in [3.05, 3.63) is 83.8 Å². The van der Waals surface area contributed by atoms with Crippen molar-refractivity contribution in [1.82, 2.24) is 9.97 Å². The summed E-state index contributed by atoms with van der Waals surface area (Å²) in [5.74, 6) is 0.617. The number of benzene rings is 3. The van der Waals surface area contributed by atoms with Crippen LogP contribution in [0.15, 0.2) is 67.1 Å². The van der Waals surface area contributed by atoms with Gasteiger partial charge in [0.15, 0.2) is 11.5 Å². The van der Waals surface area contributed by atoms with E-state index in [9.17, 15) is 9.59 Å². The second-order valence-electron chi connectivity index (χ2n) is 7.59. The third-order valence-electron chi connectivity index (χ3n) is 5.31. The van der Waals surface area contributed by atoms with Crippen LogP contribution in [0.3, 0.4) is 0 Å². The van der Waals surface area contributed by atoms with Gasteiger partial charge in [-0.15, -0.1) is 0 Å². The summed E-state index contributed by atoms with van der Waals surface area (Å²) in [5.41, 5.74) is 3.73. The largest absolute Gasteiger partial charge is 0.486 e. The molecule has 8 heteroatoms. The van der Waals surface area contributed by atoms with Crippen molar-refractivity contribution in [3.8, 4) is 11.5 Å². The molecule has 0 spiro atoms. The molecule has 5 rings (SSSR count). The molecule has 0 atom stereocenters. The maximum absolute atomic E-state index is 12.8. The number of nitrogens with one attached hydrogen (secondary N) is 2. The number of fused-ring (bicyclic) bond motifs is 2. The first-order valence-corrected chi connectivity index (χ1v) is 10.4. The minimum atomic E-state index is -0.289. The Morgan fingerprint density at radius 3 is 2.48 bits per heavy atom. The molecule has 0 saturated carbocycles. The normalized spacial score (nSPS) is 12.3. The van der Waals surface area contributed by atoms with Crippen molar-refractivity contribution in [2.45, 2.75) is 6.92 Å². The van der Waals surface area contributed by atoms with Crippen LogP contribution < -0.4 is 20.1 Å². The number of amides is 2.